The second kappa shape index (κ2) is 9.04. The molecule has 0 saturated heterocycles. The van der Waals surface area contributed by atoms with E-state index in [1.807, 2.05) is 45.9 Å². The van der Waals surface area contributed by atoms with Crippen LogP contribution < -0.4 is 4.72 Å². The quantitative estimate of drug-likeness (QED) is 0.478. The molecule has 0 aromatic carbocycles. The predicted molar refractivity (Wildman–Crippen MR) is 102 cm³/mol. The van der Waals surface area contributed by atoms with Gasteiger partial charge in [0.15, 0.2) is 0 Å². The molecule has 1 heterocycles. The molecule has 0 spiro atoms. The number of rotatable bonds is 6. The van der Waals surface area contributed by atoms with Gasteiger partial charge in [-0.15, -0.1) is 10.6 Å². The summed E-state index contributed by atoms with van der Waals surface area (Å²) in [6.45, 7) is 9.19. The van der Waals surface area contributed by atoms with Crippen LogP contribution in [0.5, 0.6) is 0 Å². The zero-order chi connectivity index (χ0) is 19.1. The number of esters is 1. The Kier molecular flexibility index (Phi) is 7.68. The maximum absolute atomic E-state index is 12.5. The van der Waals surface area contributed by atoms with E-state index in [1.165, 1.54) is 7.11 Å². The van der Waals surface area contributed by atoms with Crippen LogP contribution in [0.15, 0.2) is 24.5 Å². The number of carbonyl (C=O) groups excluding carboxylic acids is 1. The number of aromatic nitrogens is 1. The van der Waals surface area contributed by atoms with Crippen molar-refractivity contribution in [2.75, 3.05) is 7.11 Å². The number of nitrogens with one attached hydrogen (secondary N) is 1. The molecule has 5 nitrogen and oxygen atoms in total. The zero-order valence-corrected chi connectivity index (χ0v) is 16.5. The van der Waals surface area contributed by atoms with E-state index in [9.17, 15) is 9.35 Å². The number of carbonyl (C=O) groups is 1. The summed E-state index contributed by atoms with van der Waals surface area (Å²) >= 11 is -1.34. The van der Waals surface area contributed by atoms with Crippen molar-refractivity contribution >= 4 is 23.4 Å². The summed E-state index contributed by atoms with van der Waals surface area (Å²) < 4.78 is 19.8. The van der Waals surface area contributed by atoms with E-state index >= 15 is 0 Å². The smallest absolute Gasteiger partial charge is 0.307 e. The van der Waals surface area contributed by atoms with Gasteiger partial charge in [-0.3, -0.25) is 9.78 Å². The van der Waals surface area contributed by atoms with E-state index in [2.05, 4.69) is 21.5 Å². The first-order chi connectivity index (χ1) is 11.6. The van der Waals surface area contributed by atoms with Gasteiger partial charge in [0, 0.05) is 29.3 Å². The van der Waals surface area contributed by atoms with Crippen LogP contribution in [-0.2, 0) is 20.9 Å². The summed E-state index contributed by atoms with van der Waals surface area (Å²) in [4.78, 5) is 15.9. The number of hydrogen-bond acceptors (Lipinski definition) is 5. The molecule has 136 valence electrons. The fourth-order valence-corrected chi connectivity index (χ4v) is 2.78. The van der Waals surface area contributed by atoms with Gasteiger partial charge in [-0.05, 0) is 46.2 Å². The van der Waals surface area contributed by atoms with Crippen LogP contribution in [0.3, 0.4) is 0 Å². The third-order valence-corrected chi connectivity index (χ3v) is 5.06. The SMILES string of the molecule is CC#Cc1cncc(/C=C/[C@@](C)(CC(=O)OC)N[S@+]([O-])C(C)(C)C)c1. The third kappa shape index (κ3) is 7.30. The summed E-state index contributed by atoms with van der Waals surface area (Å²) in [5, 5.41) is 0. The highest BCUT2D eigenvalue weighted by Gasteiger charge is 2.36. The molecule has 0 aliphatic rings. The highest BCUT2D eigenvalue weighted by molar-refractivity contribution is 7.90. The standard InChI is InChI=1S/C19H26N2O3S/c1-7-8-15-11-16(14-20-13-15)9-10-19(5,12-17(22)24-6)21-25(23)18(2,3)4/h9-11,13-14,21H,12H2,1-6H3/b10-9+/t19-,25+/m0/s1. The summed E-state index contributed by atoms with van der Waals surface area (Å²) in [6.07, 6.45) is 7.10. The molecule has 0 bridgehead atoms. The molecule has 6 heteroatoms. The summed E-state index contributed by atoms with van der Waals surface area (Å²) in [7, 11) is 1.34. The van der Waals surface area contributed by atoms with E-state index < -0.39 is 21.6 Å². The van der Waals surface area contributed by atoms with Crippen LogP contribution >= 0.6 is 0 Å². The van der Waals surface area contributed by atoms with Gasteiger partial charge in [0.25, 0.3) is 0 Å². The first-order valence-corrected chi connectivity index (χ1v) is 9.08. The second-order valence-corrected chi connectivity index (χ2v) is 8.84. The van der Waals surface area contributed by atoms with E-state index in [-0.39, 0.29) is 12.4 Å². The van der Waals surface area contributed by atoms with Crippen LogP contribution in [0, 0.1) is 11.8 Å². The Hall–Kier alpha value is -1.81. The lowest BCUT2D eigenvalue weighted by atomic mass is 9.97. The largest absolute Gasteiger partial charge is 0.598 e. The molecule has 0 saturated carbocycles. The van der Waals surface area contributed by atoms with Gasteiger partial charge in [0.05, 0.1) is 19.1 Å². The monoisotopic (exact) mass is 362 g/mol. The van der Waals surface area contributed by atoms with Gasteiger partial charge >= 0.3 is 5.97 Å². The number of nitrogens with zero attached hydrogens (tertiary/aromatic N) is 1. The van der Waals surface area contributed by atoms with Crippen LogP contribution in [0.2, 0.25) is 0 Å². The minimum Gasteiger partial charge on any atom is -0.598 e. The summed E-state index contributed by atoms with van der Waals surface area (Å²) in [5.41, 5.74) is 0.836. The van der Waals surface area contributed by atoms with Gasteiger partial charge in [-0.2, -0.15) is 0 Å². The molecule has 0 aliphatic heterocycles. The minimum atomic E-state index is -1.34. The van der Waals surface area contributed by atoms with E-state index in [4.69, 9.17) is 4.74 Å². The fourth-order valence-electron chi connectivity index (χ4n) is 1.91. The Bertz CT molecular complexity index is 686. The summed E-state index contributed by atoms with van der Waals surface area (Å²) in [5.74, 6) is 5.41. The molecular weight excluding hydrogens is 336 g/mol. The van der Waals surface area contributed by atoms with Gasteiger partial charge in [-0.25, -0.2) is 0 Å². The average Bonchev–Trinajstić information content (AvgIpc) is 2.52. The molecule has 0 amide bonds. The maximum Gasteiger partial charge on any atom is 0.307 e. The first kappa shape index (κ1) is 21.2. The van der Waals surface area contributed by atoms with Crippen molar-refractivity contribution in [3.63, 3.8) is 0 Å². The van der Waals surface area contributed by atoms with E-state index in [0.29, 0.717) is 0 Å². The number of hydrogen-bond donors (Lipinski definition) is 1. The van der Waals surface area contributed by atoms with E-state index in [1.54, 1.807) is 19.3 Å². The molecule has 1 aromatic heterocycles. The van der Waals surface area contributed by atoms with Gasteiger partial charge < -0.3 is 9.29 Å². The molecule has 0 fully saturated rings. The normalized spacial score (nSPS) is 15.2. The van der Waals surface area contributed by atoms with Crippen molar-refractivity contribution in [3.05, 3.63) is 35.7 Å². The Morgan fingerprint density at radius 3 is 2.64 bits per heavy atom. The number of methoxy groups -OCH3 is 1. The highest BCUT2D eigenvalue weighted by Crippen LogP contribution is 2.22. The Labute approximate surface area is 153 Å². The van der Waals surface area contributed by atoms with Crippen molar-refractivity contribution in [1.82, 2.24) is 9.71 Å². The van der Waals surface area contributed by atoms with Crippen molar-refractivity contribution < 1.29 is 14.1 Å². The van der Waals surface area contributed by atoms with Crippen LogP contribution in [0.1, 0.15) is 52.2 Å². The van der Waals surface area contributed by atoms with Crippen LogP contribution in [-0.4, -0.2) is 32.9 Å². The first-order valence-electron chi connectivity index (χ1n) is 7.93. The van der Waals surface area contributed by atoms with Crippen molar-refractivity contribution in [2.24, 2.45) is 0 Å². The third-order valence-electron chi connectivity index (χ3n) is 3.29. The molecule has 25 heavy (non-hydrogen) atoms. The Morgan fingerprint density at radius 1 is 1.40 bits per heavy atom. The lowest BCUT2D eigenvalue weighted by Crippen LogP contribution is -2.51. The van der Waals surface area contributed by atoms with Crippen molar-refractivity contribution in [1.29, 1.82) is 0 Å². The van der Waals surface area contributed by atoms with Gasteiger partial charge in [0.1, 0.15) is 4.75 Å². The van der Waals surface area contributed by atoms with Crippen molar-refractivity contribution in [3.8, 4) is 11.8 Å². The molecule has 1 rings (SSSR count). The topological polar surface area (TPSA) is 74.3 Å². The van der Waals surface area contributed by atoms with Crippen LogP contribution in [0.4, 0.5) is 0 Å². The Balaban J connectivity index is 3.08. The molecule has 0 radical (unpaired) electrons. The predicted octanol–water partition coefficient (Wildman–Crippen LogP) is 2.84. The minimum absolute atomic E-state index is 0.0592. The zero-order valence-electron chi connectivity index (χ0n) is 15.7. The molecule has 1 aromatic rings. The fraction of sp³-hybridized carbons (Fsp3) is 0.474. The number of pyridine rings is 1. The average molecular weight is 362 g/mol. The van der Waals surface area contributed by atoms with Crippen LogP contribution in [0.25, 0.3) is 6.08 Å². The molecule has 0 aliphatic carbocycles. The lowest BCUT2D eigenvalue weighted by molar-refractivity contribution is -0.141. The van der Waals surface area contributed by atoms with Gasteiger partial charge in [-0.1, -0.05) is 18.1 Å². The maximum atomic E-state index is 12.5. The highest BCUT2D eigenvalue weighted by atomic mass is 32.2. The molecule has 1 N–H and O–H groups in total. The van der Waals surface area contributed by atoms with E-state index in [0.717, 1.165) is 11.1 Å². The molecular formula is C19H26N2O3S. The Morgan fingerprint density at radius 2 is 2.08 bits per heavy atom. The number of ether oxygens (including phenoxy) is 1. The summed E-state index contributed by atoms with van der Waals surface area (Å²) in [6, 6.07) is 1.90. The molecule has 0 unspecified atom stereocenters. The second-order valence-electron chi connectivity index (χ2n) is 6.87. The van der Waals surface area contributed by atoms with Crippen molar-refractivity contribution in [2.45, 2.75) is 51.3 Å². The lowest BCUT2D eigenvalue weighted by Gasteiger charge is -2.32. The van der Waals surface area contributed by atoms with Gasteiger partial charge in [0.2, 0.25) is 0 Å². The molecule has 2 atom stereocenters.